The van der Waals surface area contributed by atoms with E-state index in [1.165, 1.54) is 17.0 Å². The monoisotopic (exact) mass is 343 g/mol. The molecule has 0 amide bonds. The average molecular weight is 343 g/mol. The molecule has 4 heterocycles. The van der Waals surface area contributed by atoms with Gasteiger partial charge in [-0.3, -0.25) is 14.3 Å². The number of aromatic nitrogens is 4. The predicted molar refractivity (Wildman–Crippen MR) is 95.5 cm³/mol. The van der Waals surface area contributed by atoms with Gasteiger partial charge in [-0.1, -0.05) is 0 Å². The van der Waals surface area contributed by atoms with E-state index in [1.54, 1.807) is 0 Å². The number of fused-ring (bicyclic) bond motifs is 2. The molecule has 1 aliphatic heterocycles. The van der Waals surface area contributed by atoms with Gasteiger partial charge in [-0.25, -0.2) is 9.97 Å². The van der Waals surface area contributed by atoms with Crippen molar-refractivity contribution in [3.8, 4) is 0 Å². The molecule has 126 valence electrons. The Bertz CT molecular complexity index is 967. The van der Waals surface area contributed by atoms with E-state index >= 15 is 0 Å². The quantitative estimate of drug-likeness (QED) is 0.713. The van der Waals surface area contributed by atoms with E-state index in [1.807, 2.05) is 37.0 Å². The molecule has 0 radical (unpaired) electrons. The summed E-state index contributed by atoms with van der Waals surface area (Å²) in [4.78, 5) is 24.3. The average Bonchev–Trinajstić information content (AvgIpc) is 3.00. The van der Waals surface area contributed by atoms with Crippen LogP contribution in [0.3, 0.4) is 0 Å². The van der Waals surface area contributed by atoms with E-state index in [0.29, 0.717) is 6.54 Å². The van der Waals surface area contributed by atoms with Gasteiger partial charge < -0.3 is 4.57 Å². The maximum atomic E-state index is 12.8. The van der Waals surface area contributed by atoms with Gasteiger partial charge in [0.25, 0.3) is 5.56 Å². The zero-order valence-electron chi connectivity index (χ0n) is 14.2. The highest BCUT2D eigenvalue weighted by molar-refractivity contribution is 7.17. The summed E-state index contributed by atoms with van der Waals surface area (Å²) in [5, 5.41) is 2.02. The van der Waals surface area contributed by atoms with Crippen molar-refractivity contribution in [1.82, 2.24) is 24.0 Å². The topological polar surface area (TPSA) is 56.0 Å². The van der Waals surface area contributed by atoms with Crippen LogP contribution in [0.15, 0.2) is 16.4 Å². The fraction of sp³-hybridized carbons (Fsp3) is 0.471. The highest BCUT2D eigenvalue weighted by Gasteiger charge is 2.20. The van der Waals surface area contributed by atoms with Gasteiger partial charge in [-0.05, 0) is 24.8 Å². The van der Waals surface area contributed by atoms with E-state index in [4.69, 9.17) is 4.98 Å². The van der Waals surface area contributed by atoms with Crippen LogP contribution in [0.1, 0.15) is 22.9 Å². The molecule has 4 rings (SSSR count). The van der Waals surface area contributed by atoms with Crippen molar-refractivity contribution in [2.45, 2.75) is 33.4 Å². The summed E-state index contributed by atoms with van der Waals surface area (Å²) in [5.41, 5.74) is 3.30. The number of hydrogen-bond donors (Lipinski definition) is 0. The number of nitrogens with zero attached hydrogens (tertiary/aromatic N) is 5. The zero-order valence-corrected chi connectivity index (χ0v) is 15.1. The molecule has 0 unspecified atom stereocenters. The molecule has 0 atom stereocenters. The Morgan fingerprint density at radius 3 is 2.83 bits per heavy atom. The fourth-order valence-corrected chi connectivity index (χ4v) is 4.21. The second-order valence-corrected chi connectivity index (χ2v) is 7.34. The Kier molecular flexibility index (Phi) is 3.77. The van der Waals surface area contributed by atoms with Crippen LogP contribution in [0.5, 0.6) is 0 Å². The molecule has 0 saturated carbocycles. The van der Waals surface area contributed by atoms with Gasteiger partial charge in [0.05, 0.1) is 11.2 Å². The predicted octanol–water partition coefficient (Wildman–Crippen LogP) is 1.87. The molecule has 6 nitrogen and oxygen atoms in total. The smallest absolute Gasteiger partial charge is 0.271 e. The summed E-state index contributed by atoms with van der Waals surface area (Å²) in [6, 6.07) is 0. The van der Waals surface area contributed by atoms with E-state index in [2.05, 4.69) is 14.5 Å². The summed E-state index contributed by atoms with van der Waals surface area (Å²) >= 11 is 1.51. The van der Waals surface area contributed by atoms with Crippen LogP contribution >= 0.6 is 11.3 Å². The van der Waals surface area contributed by atoms with Gasteiger partial charge in [-0.2, -0.15) is 0 Å². The number of imidazole rings is 1. The molecule has 0 fully saturated rings. The van der Waals surface area contributed by atoms with Gasteiger partial charge in [0.2, 0.25) is 0 Å². The van der Waals surface area contributed by atoms with E-state index in [-0.39, 0.29) is 5.56 Å². The maximum absolute atomic E-state index is 12.8. The lowest BCUT2D eigenvalue weighted by Gasteiger charge is -2.19. The van der Waals surface area contributed by atoms with Crippen molar-refractivity contribution in [3.05, 3.63) is 44.8 Å². The van der Waals surface area contributed by atoms with Crippen molar-refractivity contribution < 1.29 is 0 Å². The molecular formula is C17H21N5OS. The molecule has 0 aromatic carbocycles. The molecule has 0 aliphatic carbocycles. The van der Waals surface area contributed by atoms with Gasteiger partial charge in [0.15, 0.2) is 0 Å². The fourth-order valence-electron chi connectivity index (χ4n) is 3.27. The first-order valence-electron chi connectivity index (χ1n) is 8.21. The molecule has 1 aliphatic rings. The third-order valence-corrected chi connectivity index (χ3v) is 6.00. The molecule has 3 aromatic rings. The van der Waals surface area contributed by atoms with Crippen LogP contribution in [0.25, 0.3) is 10.2 Å². The number of rotatable bonds is 2. The van der Waals surface area contributed by atoms with Crippen molar-refractivity contribution in [3.63, 3.8) is 0 Å². The highest BCUT2D eigenvalue weighted by Crippen LogP contribution is 2.21. The Balaban J connectivity index is 1.62. The second kappa shape index (κ2) is 5.82. The second-order valence-electron chi connectivity index (χ2n) is 6.46. The van der Waals surface area contributed by atoms with Gasteiger partial charge in [0, 0.05) is 45.8 Å². The molecule has 0 bridgehead atoms. The number of thiophene rings is 1. The SMILES string of the molecule is Cc1csc2c(=O)n3c(nc12)CCN(Cc1cnc(C)n1C)CC3. The van der Waals surface area contributed by atoms with Crippen LogP contribution in [0, 0.1) is 13.8 Å². The van der Waals surface area contributed by atoms with Crippen LogP contribution in [-0.4, -0.2) is 37.1 Å². The Labute approximate surface area is 144 Å². The zero-order chi connectivity index (χ0) is 16.8. The van der Waals surface area contributed by atoms with E-state index in [9.17, 15) is 4.79 Å². The first-order valence-corrected chi connectivity index (χ1v) is 9.09. The Morgan fingerprint density at radius 2 is 2.08 bits per heavy atom. The van der Waals surface area contributed by atoms with E-state index < -0.39 is 0 Å². The molecule has 24 heavy (non-hydrogen) atoms. The van der Waals surface area contributed by atoms with Gasteiger partial charge in [0.1, 0.15) is 16.3 Å². The van der Waals surface area contributed by atoms with Gasteiger partial charge >= 0.3 is 0 Å². The van der Waals surface area contributed by atoms with Crippen LogP contribution < -0.4 is 5.56 Å². The van der Waals surface area contributed by atoms with Crippen molar-refractivity contribution in [1.29, 1.82) is 0 Å². The van der Waals surface area contributed by atoms with E-state index in [0.717, 1.165) is 53.5 Å². The highest BCUT2D eigenvalue weighted by atomic mass is 32.1. The minimum atomic E-state index is 0.117. The minimum Gasteiger partial charge on any atom is -0.334 e. The molecule has 0 saturated heterocycles. The lowest BCUT2D eigenvalue weighted by molar-refractivity contribution is 0.265. The normalized spacial score (nSPS) is 15.6. The standard InChI is InChI=1S/C17H21N5OS/c1-11-10-24-16-15(11)19-14-4-5-21(6-7-22(14)17(16)23)9-13-8-18-12(2)20(13)3/h8,10H,4-7,9H2,1-3H3. The lowest BCUT2D eigenvalue weighted by Crippen LogP contribution is -2.29. The first-order chi connectivity index (χ1) is 11.5. The third-order valence-electron chi connectivity index (χ3n) is 4.93. The molecule has 0 N–H and O–H groups in total. The molecule has 3 aromatic heterocycles. The summed E-state index contributed by atoms with van der Waals surface area (Å²) in [6.07, 6.45) is 2.74. The minimum absolute atomic E-state index is 0.117. The van der Waals surface area contributed by atoms with Crippen LogP contribution in [0.2, 0.25) is 0 Å². The molecule has 7 heteroatoms. The van der Waals surface area contributed by atoms with Crippen molar-refractivity contribution in [2.24, 2.45) is 7.05 Å². The lowest BCUT2D eigenvalue weighted by atomic mass is 10.3. The number of hydrogen-bond acceptors (Lipinski definition) is 5. The first kappa shape index (κ1) is 15.5. The van der Waals surface area contributed by atoms with Crippen LogP contribution in [-0.2, 0) is 26.6 Å². The van der Waals surface area contributed by atoms with Crippen molar-refractivity contribution >= 4 is 21.6 Å². The number of aryl methyl sites for hydroxylation is 2. The van der Waals surface area contributed by atoms with Crippen molar-refractivity contribution in [2.75, 3.05) is 13.1 Å². The van der Waals surface area contributed by atoms with Gasteiger partial charge in [-0.15, -0.1) is 11.3 Å². The Morgan fingerprint density at radius 1 is 1.25 bits per heavy atom. The summed E-state index contributed by atoms with van der Waals surface area (Å²) < 4.78 is 4.78. The Hall–Kier alpha value is -1.99. The summed E-state index contributed by atoms with van der Waals surface area (Å²) in [7, 11) is 2.05. The molecule has 0 spiro atoms. The molecular weight excluding hydrogens is 322 g/mol. The summed E-state index contributed by atoms with van der Waals surface area (Å²) in [6.45, 7) is 7.36. The maximum Gasteiger partial charge on any atom is 0.271 e. The van der Waals surface area contributed by atoms with Crippen LogP contribution in [0.4, 0.5) is 0 Å². The third kappa shape index (κ3) is 2.48. The largest absolute Gasteiger partial charge is 0.334 e. The summed E-state index contributed by atoms with van der Waals surface area (Å²) in [5.74, 6) is 1.94.